The number of carbonyl (C=O) groups is 1. The monoisotopic (exact) mass is 387 g/mol. The number of thiophene rings is 1. The molecule has 120 valence electrons. The number of hydrogen-bond acceptors (Lipinski definition) is 6. The fraction of sp³-hybridized carbons (Fsp3) is 0.0769. The molecule has 0 fully saturated rings. The summed E-state index contributed by atoms with van der Waals surface area (Å²) in [5, 5.41) is 3.08. The van der Waals surface area contributed by atoms with Crippen LogP contribution in [0.5, 0.6) is 0 Å². The number of benzene rings is 1. The van der Waals surface area contributed by atoms with Crippen LogP contribution in [0.25, 0.3) is 10.2 Å². The number of hydrogen-bond donors (Lipinski definition) is 2. The molecular weight excluding hydrogens is 378 g/mol. The molecule has 1 aromatic carbocycles. The minimum absolute atomic E-state index is 0.139. The normalized spacial score (nSPS) is 11.6. The van der Waals surface area contributed by atoms with Crippen LogP contribution in [-0.4, -0.2) is 19.3 Å². The number of fused-ring (bicyclic) bond motifs is 1. The number of sulfonamides is 1. The number of thiazole rings is 1. The van der Waals surface area contributed by atoms with E-state index < -0.39 is 10.0 Å². The summed E-state index contributed by atoms with van der Waals surface area (Å²) < 4.78 is 28.4. The molecule has 2 heterocycles. The standard InChI is InChI=1S/C13H10ClN3O3S3/c1-7(18)15-13-16-9-6-8(2-3-10(9)21-13)17-23(19,20)12-5-4-11(14)22-12/h2-6,17H,1H3,(H,15,16,18). The molecule has 0 unspecified atom stereocenters. The van der Waals surface area contributed by atoms with Crippen molar-refractivity contribution in [1.29, 1.82) is 0 Å². The highest BCUT2D eigenvalue weighted by atomic mass is 35.5. The highest BCUT2D eigenvalue weighted by molar-refractivity contribution is 7.94. The summed E-state index contributed by atoms with van der Waals surface area (Å²) in [6.45, 7) is 1.40. The molecule has 23 heavy (non-hydrogen) atoms. The number of amides is 1. The molecule has 3 aromatic rings. The summed E-state index contributed by atoms with van der Waals surface area (Å²) in [6.07, 6.45) is 0. The Bertz CT molecular complexity index is 994. The second-order valence-electron chi connectivity index (χ2n) is 4.55. The number of aromatic nitrogens is 1. The van der Waals surface area contributed by atoms with Crippen molar-refractivity contribution in [2.45, 2.75) is 11.1 Å². The molecule has 0 radical (unpaired) electrons. The lowest BCUT2D eigenvalue weighted by Gasteiger charge is -2.05. The van der Waals surface area contributed by atoms with Gasteiger partial charge in [-0.3, -0.25) is 9.52 Å². The number of halogens is 1. The average Bonchev–Trinajstić information content (AvgIpc) is 3.03. The fourth-order valence-electron chi connectivity index (χ4n) is 1.84. The van der Waals surface area contributed by atoms with Gasteiger partial charge in [-0.1, -0.05) is 22.9 Å². The third kappa shape index (κ3) is 3.63. The maximum absolute atomic E-state index is 12.3. The van der Waals surface area contributed by atoms with Crippen molar-refractivity contribution in [3.63, 3.8) is 0 Å². The largest absolute Gasteiger partial charge is 0.302 e. The smallest absolute Gasteiger partial charge is 0.271 e. The summed E-state index contributed by atoms with van der Waals surface area (Å²) in [5.41, 5.74) is 0.991. The molecule has 1 amide bonds. The van der Waals surface area contributed by atoms with Gasteiger partial charge in [-0.05, 0) is 30.3 Å². The first-order valence-corrected chi connectivity index (χ1v) is 9.79. The maximum Gasteiger partial charge on any atom is 0.271 e. The predicted molar refractivity (Wildman–Crippen MR) is 94.1 cm³/mol. The minimum Gasteiger partial charge on any atom is -0.302 e. The summed E-state index contributed by atoms with van der Waals surface area (Å²) in [6, 6.07) is 7.99. The van der Waals surface area contributed by atoms with Gasteiger partial charge in [-0.15, -0.1) is 11.3 Å². The molecule has 0 bridgehead atoms. The van der Waals surface area contributed by atoms with Crippen molar-refractivity contribution in [1.82, 2.24) is 4.98 Å². The quantitative estimate of drug-likeness (QED) is 0.713. The van der Waals surface area contributed by atoms with E-state index in [1.165, 1.54) is 30.4 Å². The average molecular weight is 388 g/mol. The van der Waals surface area contributed by atoms with E-state index in [0.717, 1.165) is 16.0 Å². The Labute approximate surface area is 145 Å². The number of carbonyl (C=O) groups excluding carboxylic acids is 1. The van der Waals surface area contributed by atoms with Gasteiger partial charge in [0, 0.05) is 6.92 Å². The van der Waals surface area contributed by atoms with Gasteiger partial charge in [0.2, 0.25) is 5.91 Å². The molecule has 6 nitrogen and oxygen atoms in total. The topological polar surface area (TPSA) is 88.2 Å². The first-order valence-electron chi connectivity index (χ1n) is 6.30. The van der Waals surface area contributed by atoms with Crippen molar-refractivity contribution in [2.24, 2.45) is 0 Å². The molecule has 2 aromatic heterocycles. The van der Waals surface area contributed by atoms with Crippen molar-refractivity contribution in [3.8, 4) is 0 Å². The Hall–Kier alpha value is -1.68. The number of nitrogens with one attached hydrogen (secondary N) is 2. The van der Waals surface area contributed by atoms with E-state index in [1.807, 2.05) is 0 Å². The highest BCUT2D eigenvalue weighted by Crippen LogP contribution is 2.30. The van der Waals surface area contributed by atoms with Crippen LogP contribution in [0.15, 0.2) is 34.5 Å². The highest BCUT2D eigenvalue weighted by Gasteiger charge is 2.17. The zero-order chi connectivity index (χ0) is 16.6. The van der Waals surface area contributed by atoms with Gasteiger partial charge in [-0.25, -0.2) is 13.4 Å². The van der Waals surface area contributed by atoms with Gasteiger partial charge in [0.1, 0.15) is 4.21 Å². The molecule has 2 N–H and O–H groups in total. The van der Waals surface area contributed by atoms with E-state index in [-0.39, 0.29) is 10.1 Å². The molecule has 0 saturated carbocycles. The van der Waals surface area contributed by atoms with Crippen molar-refractivity contribution in [2.75, 3.05) is 10.0 Å². The zero-order valence-electron chi connectivity index (χ0n) is 11.7. The summed E-state index contributed by atoms with van der Waals surface area (Å²) in [4.78, 5) is 15.3. The van der Waals surface area contributed by atoms with Gasteiger partial charge >= 0.3 is 0 Å². The van der Waals surface area contributed by atoms with Crippen LogP contribution in [0, 0.1) is 0 Å². The van der Waals surface area contributed by atoms with Gasteiger partial charge in [0.15, 0.2) is 5.13 Å². The molecule has 3 rings (SSSR count). The van der Waals surface area contributed by atoms with Crippen molar-refractivity contribution in [3.05, 3.63) is 34.7 Å². The Morgan fingerprint density at radius 2 is 2.00 bits per heavy atom. The van der Waals surface area contributed by atoms with E-state index in [9.17, 15) is 13.2 Å². The first-order chi connectivity index (χ1) is 10.8. The lowest BCUT2D eigenvalue weighted by Crippen LogP contribution is -2.11. The van der Waals surface area contributed by atoms with Crippen LogP contribution >= 0.6 is 34.3 Å². The van der Waals surface area contributed by atoms with Crippen LogP contribution in [0.1, 0.15) is 6.92 Å². The summed E-state index contributed by atoms with van der Waals surface area (Å²) in [7, 11) is -3.68. The molecule has 0 saturated heterocycles. The number of nitrogens with zero attached hydrogens (tertiary/aromatic N) is 1. The van der Waals surface area contributed by atoms with Crippen molar-refractivity contribution < 1.29 is 13.2 Å². The first kappa shape index (κ1) is 16.2. The molecule has 0 spiro atoms. The second-order valence-corrected chi connectivity index (χ2v) is 9.20. The lowest BCUT2D eigenvalue weighted by molar-refractivity contribution is -0.114. The minimum atomic E-state index is -3.68. The lowest BCUT2D eigenvalue weighted by atomic mass is 10.3. The number of anilines is 2. The maximum atomic E-state index is 12.3. The SMILES string of the molecule is CC(=O)Nc1nc2cc(NS(=O)(=O)c3ccc(Cl)s3)ccc2s1. The summed E-state index contributed by atoms with van der Waals surface area (Å²) >= 11 is 8.07. The van der Waals surface area contributed by atoms with Crippen LogP contribution in [0.2, 0.25) is 4.34 Å². The van der Waals surface area contributed by atoms with Gasteiger partial charge in [0.25, 0.3) is 10.0 Å². The van der Waals surface area contributed by atoms with Gasteiger partial charge in [0.05, 0.1) is 20.2 Å². The van der Waals surface area contributed by atoms with E-state index in [2.05, 4.69) is 15.0 Å². The fourth-order valence-corrected chi connectivity index (χ4v) is 5.27. The van der Waals surface area contributed by atoms with Crippen molar-refractivity contribution >= 4 is 71.2 Å². The van der Waals surface area contributed by atoms with Crippen LogP contribution in [0.3, 0.4) is 0 Å². The Morgan fingerprint density at radius 1 is 1.22 bits per heavy atom. The molecule has 0 atom stereocenters. The Kier molecular flexibility index (Phi) is 4.28. The molecular formula is C13H10ClN3O3S3. The molecule has 0 aliphatic carbocycles. The Morgan fingerprint density at radius 3 is 2.65 bits per heavy atom. The zero-order valence-corrected chi connectivity index (χ0v) is 14.9. The molecule has 0 aliphatic rings. The van der Waals surface area contributed by atoms with Crippen LogP contribution in [0.4, 0.5) is 10.8 Å². The predicted octanol–water partition coefficient (Wildman–Crippen LogP) is 3.77. The van der Waals surface area contributed by atoms with E-state index in [1.54, 1.807) is 18.2 Å². The Balaban J connectivity index is 1.90. The van der Waals surface area contributed by atoms with Gasteiger partial charge < -0.3 is 5.32 Å². The second kappa shape index (κ2) is 6.08. The third-order valence-electron chi connectivity index (χ3n) is 2.74. The van der Waals surface area contributed by atoms with E-state index in [4.69, 9.17) is 11.6 Å². The molecule has 10 heteroatoms. The van der Waals surface area contributed by atoms with Crippen LogP contribution in [-0.2, 0) is 14.8 Å². The third-order valence-corrected chi connectivity index (χ3v) is 6.79. The van der Waals surface area contributed by atoms with Crippen LogP contribution < -0.4 is 10.0 Å². The summed E-state index contributed by atoms with van der Waals surface area (Å²) in [5.74, 6) is -0.209. The van der Waals surface area contributed by atoms with E-state index >= 15 is 0 Å². The van der Waals surface area contributed by atoms with E-state index in [0.29, 0.717) is 20.7 Å². The molecule has 0 aliphatic heterocycles. The number of rotatable bonds is 4. The van der Waals surface area contributed by atoms with Gasteiger partial charge in [-0.2, -0.15) is 0 Å².